The average Bonchev–Trinajstić information content (AvgIpc) is 1.63. The normalized spacial score (nSPS) is 12.6. The Morgan fingerprint density at radius 1 is 1.67 bits per heavy atom. The first-order valence-corrected chi connectivity index (χ1v) is 2.30. The summed E-state index contributed by atoms with van der Waals surface area (Å²) in [5, 5.41) is 8.10. The molecule has 0 amide bonds. The van der Waals surface area contributed by atoms with Crippen LogP contribution in [0.3, 0.4) is 0 Å². The van der Waals surface area contributed by atoms with E-state index in [4.69, 9.17) is 10.8 Å². The van der Waals surface area contributed by atoms with Crippen molar-refractivity contribution in [2.24, 2.45) is 5.73 Å². The maximum absolute atomic E-state index is 9.99. The Balaban J connectivity index is 3.63. The van der Waals surface area contributed by atoms with Crippen molar-refractivity contribution in [1.29, 1.82) is 0 Å². The molecule has 5 heteroatoms. The molecule has 1 unspecified atom stereocenters. The van der Waals surface area contributed by atoms with Crippen molar-refractivity contribution in [3.63, 3.8) is 0 Å². The van der Waals surface area contributed by atoms with Gasteiger partial charge in [-0.3, -0.25) is 4.79 Å². The Kier molecular flexibility index (Phi) is 2.94. The first-order chi connectivity index (χ1) is 4.04. The van der Waals surface area contributed by atoms with Gasteiger partial charge in [-0.1, -0.05) is 0 Å². The summed E-state index contributed by atoms with van der Waals surface area (Å²) in [5.41, 5.74) is 4.21. The lowest BCUT2D eigenvalue weighted by atomic mass is 9.96. The Hall–Kier alpha value is -0.835. The van der Waals surface area contributed by atoms with Crippen LogP contribution in [-0.2, 0) is 9.59 Å². The molecule has 0 heterocycles. The summed E-state index contributed by atoms with van der Waals surface area (Å²) in [6.45, 7) is 0. The van der Waals surface area contributed by atoms with Crippen molar-refractivity contribution in [3.8, 4) is 0 Å². The zero-order chi connectivity index (χ0) is 7.44. The third-order valence-corrected chi connectivity index (χ3v) is 0.738. The van der Waals surface area contributed by atoms with E-state index in [1.54, 1.807) is 0 Å². The molecule has 0 aliphatic rings. The Morgan fingerprint density at radius 2 is 2.11 bits per heavy atom. The summed E-state index contributed by atoms with van der Waals surface area (Å²) in [6, 6.07) is -1.16. The molecule has 0 spiro atoms. The third kappa shape index (κ3) is 3.72. The monoisotopic (exact) mass is 127 g/mol. The standard InChI is InChI=1S/C4H6BNO3/c5-3(7)1-2(6)4(8)9/h2H,1,6H2,(H,8,9). The second-order valence-electron chi connectivity index (χ2n) is 1.62. The van der Waals surface area contributed by atoms with Gasteiger partial charge in [-0.15, -0.1) is 0 Å². The smallest absolute Gasteiger partial charge is 0.320 e. The molecular weight excluding hydrogens is 121 g/mol. The van der Waals surface area contributed by atoms with Gasteiger partial charge in [0.05, 0.1) is 5.68 Å². The summed E-state index contributed by atoms with van der Waals surface area (Å²) in [7, 11) is 4.65. The van der Waals surface area contributed by atoms with Crippen molar-refractivity contribution in [1.82, 2.24) is 0 Å². The fourth-order valence-electron chi connectivity index (χ4n) is 0.304. The van der Waals surface area contributed by atoms with Gasteiger partial charge in [0, 0.05) is 6.42 Å². The van der Waals surface area contributed by atoms with Gasteiger partial charge in [-0.2, -0.15) is 0 Å². The van der Waals surface area contributed by atoms with Crippen molar-refractivity contribution in [2.75, 3.05) is 0 Å². The number of hydrogen-bond donors (Lipinski definition) is 2. The highest BCUT2D eigenvalue weighted by atomic mass is 16.4. The summed E-state index contributed by atoms with van der Waals surface area (Å²) in [4.78, 5) is 19.9. The van der Waals surface area contributed by atoms with E-state index in [2.05, 4.69) is 7.85 Å². The molecule has 9 heavy (non-hydrogen) atoms. The van der Waals surface area contributed by atoms with E-state index in [9.17, 15) is 9.59 Å². The molecule has 0 aliphatic carbocycles. The van der Waals surface area contributed by atoms with Crippen LogP contribution in [0.4, 0.5) is 0 Å². The molecule has 0 rings (SSSR count). The topological polar surface area (TPSA) is 80.4 Å². The maximum Gasteiger partial charge on any atom is 0.320 e. The van der Waals surface area contributed by atoms with Gasteiger partial charge in [0.25, 0.3) is 0 Å². The number of aliphatic carboxylic acids is 1. The molecule has 0 aliphatic heterocycles. The number of carbonyl (C=O) groups is 2. The fourth-order valence-corrected chi connectivity index (χ4v) is 0.304. The molecule has 0 saturated carbocycles. The van der Waals surface area contributed by atoms with Crippen LogP contribution < -0.4 is 5.73 Å². The van der Waals surface area contributed by atoms with Crippen molar-refractivity contribution in [3.05, 3.63) is 0 Å². The molecule has 0 fully saturated rings. The van der Waals surface area contributed by atoms with E-state index < -0.39 is 17.7 Å². The van der Waals surface area contributed by atoms with Crippen LogP contribution >= 0.6 is 0 Å². The highest BCUT2D eigenvalue weighted by molar-refractivity contribution is 6.57. The lowest BCUT2D eigenvalue weighted by Gasteiger charge is -2.00. The quantitative estimate of drug-likeness (QED) is 0.451. The van der Waals surface area contributed by atoms with E-state index in [1.807, 2.05) is 0 Å². The highest BCUT2D eigenvalue weighted by Gasteiger charge is 2.12. The summed E-state index contributed by atoms with van der Waals surface area (Å²) >= 11 is 0. The molecule has 0 bridgehead atoms. The minimum atomic E-state index is -1.21. The van der Waals surface area contributed by atoms with Gasteiger partial charge in [0.2, 0.25) is 0 Å². The number of carboxylic acid groups (broad SMARTS) is 1. The zero-order valence-electron chi connectivity index (χ0n) is 4.70. The highest BCUT2D eigenvalue weighted by Crippen LogP contribution is 1.85. The SMILES string of the molecule is [B]C(=O)CC(N)C(=O)O. The molecule has 2 radical (unpaired) electrons. The second-order valence-corrected chi connectivity index (χ2v) is 1.62. The molecule has 4 nitrogen and oxygen atoms in total. The predicted octanol–water partition coefficient (Wildman–Crippen LogP) is -1.52. The third-order valence-electron chi connectivity index (χ3n) is 0.738. The second kappa shape index (κ2) is 3.24. The van der Waals surface area contributed by atoms with E-state index in [-0.39, 0.29) is 6.42 Å². The fraction of sp³-hybridized carbons (Fsp3) is 0.500. The van der Waals surface area contributed by atoms with Crippen LogP contribution in [-0.4, -0.2) is 30.6 Å². The Bertz CT molecular complexity index is 136. The van der Waals surface area contributed by atoms with Crippen LogP contribution in [0, 0.1) is 0 Å². The number of rotatable bonds is 3. The van der Waals surface area contributed by atoms with Crippen molar-refractivity contribution >= 4 is 19.5 Å². The van der Waals surface area contributed by atoms with Crippen LogP contribution in [0.1, 0.15) is 6.42 Å². The summed E-state index contributed by atoms with van der Waals surface area (Å²) in [6.07, 6.45) is -0.310. The zero-order valence-corrected chi connectivity index (χ0v) is 4.70. The van der Waals surface area contributed by atoms with Gasteiger partial charge < -0.3 is 15.6 Å². The molecule has 0 saturated heterocycles. The summed E-state index contributed by atoms with van der Waals surface area (Å²) < 4.78 is 0. The number of carbonyl (C=O) groups excluding carboxylic acids is 1. The minimum Gasteiger partial charge on any atom is -0.480 e. The van der Waals surface area contributed by atoms with Crippen LogP contribution in [0.15, 0.2) is 0 Å². The van der Waals surface area contributed by atoms with Gasteiger partial charge in [0.15, 0.2) is 7.85 Å². The molecule has 1 atom stereocenters. The molecular formula is C4H6BNO3. The molecule has 48 valence electrons. The average molecular weight is 127 g/mol. The van der Waals surface area contributed by atoms with Gasteiger partial charge >= 0.3 is 5.97 Å². The van der Waals surface area contributed by atoms with Crippen LogP contribution in [0.25, 0.3) is 0 Å². The lowest BCUT2D eigenvalue weighted by Crippen LogP contribution is -2.32. The van der Waals surface area contributed by atoms with Crippen LogP contribution in [0.5, 0.6) is 0 Å². The van der Waals surface area contributed by atoms with E-state index in [1.165, 1.54) is 0 Å². The largest absolute Gasteiger partial charge is 0.480 e. The maximum atomic E-state index is 9.99. The van der Waals surface area contributed by atoms with E-state index in [0.717, 1.165) is 0 Å². The molecule has 0 aromatic carbocycles. The first kappa shape index (κ1) is 8.16. The van der Waals surface area contributed by atoms with Crippen LogP contribution in [0.2, 0.25) is 0 Å². The first-order valence-electron chi connectivity index (χ1n) is 2.30. The summed E-state index contributed by atoms with van der Waals surface area (Å²) in [5.74, 6) is -1.21. The van der Waals surface area contributed by atoms with Crippen molar-refractivity contribution in [2.45, 2.75) is 12.5 Å². The number of carboxylic acids is 1. The Morgan fingerprint density at radius 3 is 2.22 bits per heavy atom. The van der Waals surface area contributed by atoms with Crippen molar-refractivity contribution < 1.29 is 14.7 Å². The molecule has 0 aromatic rings. The van der Waals surface area contributed by atoms with Gasteiger partial charge in [-0.25, -0.2) is 0 Å². The lowest BCUT2D eigenvalue weighted by molar-refractivity contribution is -0.139. The number of nitrogens with two attached hydrogens (primary N) is 1. The van der Waals surface area contributed by atoms with Gasteiger partial charge in [-0.05, 0) is 0 Å². The number of hydrogen-bond acceptors (Lipinski definition) is 3. The van der Waals surface area contributed by atoms with E-state index in [0.29, 0.717) is 0 Å². The van der Waals surface area contributed by atoms with E-state index >= 15 is 0 Å². The minimum absolute atomic E-state index is 0.310. The molecule has 0 aromatic heterocycles. The Labute approximate surface area is 53.4 Å². The predicted molar refractivity (Wildman–Crippen MR) is 31.0 cm³/mol. The van der Waals surface area contributed by atoms with Gasteiger partial charge in [0.1, 0.15) is 6.04 Å². The molecule has 3 N–H and O–H groups in total.